The molecule has 30 heavy (non-hydrogen) atoms. The van der Waals surface area contributed by atoms with E-state index in [1.54, 1.807) is 18.2 Å². The van der Waals surface area contributed by atoms with Crippen molar-refractivity contribution in [1.82, 2.24) is 0 Å². The zero-order valence-electron chi connectivity index (χ0n) is 17.1. The third kappa shape index (κ3) is 6.36. The SMILES string of the molecule is CCCOc1ccc(C(=O)Nc2ccccc2OCCCc2ccccc2)cc1Br. The molecule has 156 valence electrons. The molecule has 0 atom stereocenters. The van der Waals surface area contributed by atoms with Gasteiger partial charge in [-0.2, -0.15) is 0 Å². The highest BCUT2D eigenvalue weighted by Crippen LogP contribution is 2.28. The van der Waals surface area contributed by atoms with Crippen molar-refractivity contribution in [3.8, 4) is 11.5 Å². The molecule has 0 fully saturated rings. The minimum atomic E-state index is -0.196. The lowest BCUT2D eigenvalue weighted by Gasteiger charge is -2.13. The Morgan fingerprint density at radius 1 is 0.900 bits per heavy atom. The van der Waals surface area contributed by atoms with Gasteiger partial charge < -0.3 is 14.8 Å². The van der Waals surface area contributed by atoms with Gasteiger partial charge in [-0.15, -0.1) is 0 Å². The van der Waals surface area contributed by atoms with E-state index in [9.17, 15) is 4.79 Å². The second-order valence-electron chi connectivity index (χ2n) is 6.88. The van der Waals surface area contributed by atoms with Crippen LogP contribution in [0.3, 0.4) is 0 Å². The maximum absolute atomic E-state index is 12.7. The third-order valence-electron chi connectivity index (χ3n) is 4.50. The van der Waals surface area contributed by atoms with Crippen LogP contribution < -0.4 is 14.8 Å². The second-order valence-corrected chi connectivity index (χ2v) is 7.74. The summed E-state index contributed by atoms with van der Waals surface area (Å²) >= 11 is 3.48. The fourth-order valence-corrected chi connectivity index (χ4v) is 3.46. The zero-order valence-corrected chi connectivity index (χ0v) is 18.7. The van der Waals surface area contributed by atoms with Gasteiger partial charge >= 0.3 is 0 Å². The lowest BCUT2D eigenvalue weighted by Crippen LogP contribution is -2.13. The number of nitrogens with one attached hydrogen (secondary N) is 1. The Morgan fingerprint density at radius 2 is 1.63 bits per heavy atom. The number of aryl methyl sites for hydroxylation is 1. The van der Waals surface area contributed by atoms with E-state index in [1.165, 1.54) is 5.56 Å². The molecule has 0 saturated heterocycles. The summed E-state index contributed by atoms with van der Waals surface area (Å²) in [7, 11) is 0. The number of para-hydroxylation sites is 2. The van der Waals surface area contributed by atoms with Gasteiger partial charge in [0.05, 0.1) is 23.4 Å². The van der Waals surface area contributed by atoms with Gasteiger partial charge in [0.2, 0.25) is 0 Å². The normalized spacial score (nSPS) is 10.5. The van der Waals surface area contributed by atoms with Crippen molar-refractivity contribution in [3.05, 3.63) is 88.4 Å². The summed E-state index contributed by atoms with van der Waals surface area (Å²) in [4.78, 5) is 12.7. The van der Waals surface area contributed by atoms with Crippen molar-refractivity contribution in [1.29, 1.82) is 0 Å². The molecule has 3 aromatic rings. The van der Waals surface area contributed by atoms with Crippen LogP contribution >= 0.6 is 15.9 Å². The van der Waals surface area contributed by atoms with Crippen LogP contribution in [0.4, 0.5) is 5.69 Å². The van der Waals surface area contributed by atoms with Gasteiger partial charge in [-0.05, 0) is 71.1 Å². The quantitative estimate of drug-likeness (QED) is 0.346. The summed E-state index contributed by atoms with van der Waals surface area (Å²) in [5.41, 5.74) is 2.49. The molecule has 0 spiro atoms. The van der Waals surface area contributed by atoms with E-state index in [1.807, 2.05) is 42.5 Å². The minimum Gasteiger partial charge on any atom is -0.492 e. The third-order valence-corrected chi connectivity index (χ3v) is 5.12. The molecular weight excluding hydrogens is 442 g/mol. The van der Waals surface area contributed by atoms with Crippen LogP contribution in [-0.2, 0) is 6.42 Å². The highest BCUT2D eigenvalue weighted by Gasteiger charge is 2.12. The summed E-state index contributed by atoms with van der Waals surface area (Å²) in [6.07, 6.45) is 2.78. The number of ether oxygens (including phenoxy) is 2. The molecule has 4 nitrogen and oxygen atoms in total. The first kappa shape index (κ1) is 21.9. The highest BCUT2D eigenvalue weighted by molar-refractivity contribution is 9.10. The molecule has 0 saturated carbocycles. The molecule has 0 unspecified atom stereocenters. The molecule has 3 rings (SSSR count). The number of carbonyl (C=O) groups excluding carboxylic acids is 1. The van der Waals surface area contributed by atoms with Crippen molar-refractivity contribution in [2.24, 2.45) is 0 Å². The first-order valence-electron chi connectivity index (χ1n) is 10.2. The van der Waals surface area contributed by atoms with E-state index in [4.69, 9.17) is 9.47 Å². The Morgan fingerprint density at radius 3 is 2.40 bits per heavy atom. The lowest BCUT2D eigenvalue weighted by molar-refractivity contribution is 0.102. The van der Waals surface area contributed by atoms with E-state index in [0.29, 0.717) is 30.2 Å². The summed E-state index contributed by atoms with van der Waals surface area (Å²) in [6.45, 7) is 3.27. The first-order chi connectivity index (χ1) is 14.7. The molecule has 3 aromatic carbocycles. The van der Waals surface area contributed by atoms with Crippen LogP contribution in [0, 0.1) is 0 Å². The van der Waals surface area contributed by atoms with Crippen LogP contribution in [0.25, 0.3) is 0 Å². The van der Waals surface area contributed by atoms with Crippen LogP contribution in [0.1, 0.15) is 35.7 Å². The molecule has 0 aliphatic carbocycles. The monoisotopic (exact) mass is 467 g/mol. The highest BCUT2D eigenvalue weighted by atomic mass is 79.9. The molecule has 0 aliphatic heterocycles. The number of carbonyl (C=O) groups is 1. The van der Waals surface area contributed by atoms with E-state index in [0.717, 1.165) is 29.5 Å². The number of amides is 1. The molecule has 0 aliphatic rings. The lowest BCUT2D eigenvalue weighted by atomic mass is 10.1. The molecule has 5 heteroatoms. The average molecular weight is 468 g/mol. The standard InChI is InChI=1S/C25H26BrNO3/c1-2-16-29-23-15-14-20(18-21(23)26)25(28)27-22-12-6-7-13-24(22)30-17-8-11-19-9-4-3-5-10-19/h3-7,9-10,12-15,18H,2,8,11,16-17H2,1H3,(H,27,28). The predicted molar refractivity (Wildman–Crippen MR) is 125 cm³/mol. The fourth-order valence-electron chi connectivity index (χ4n) is 2.96. The number of hydrogen-bond donors (Lipinski definition) is 1. The predicted octanol–water partition coefficient (Wildman–Crippen LogP) is 6.50. The second kappa shape index (κ2) is 11.4. The number of rotatable bonds is 10. The van der Waals surface area contributed by atoms with Crippen LogP contribution in [0.5, 0.6) is 11.5 Å². The maximum Gasteiger partial charge on any atom is 0.255 e. The fraction of sp³-hybridized carbons (Fsp3) is 0.240. The molecule has 0 aromatic heterocycles. The van der Waals surface area contributed by atoms with Crippen LogP contribution in [0.15, 0.2) is 77.3 Å². The van der Waals surface area contributed by atoms with Gasteiger partial charge in [-0.1, -0.05) is 49.4 Å². The first-order valence-corrected chi connectivity index (χ1v) is 11.0. The smallest absolute Gasteiger partial charge is 0.255 e. The Labute approximate surface area is 186 Å². The van der Waals surface area contributed by atoms with Gasteiger partial charge in [0.25, 0.3) is 5.91 Å². The number of anilines is 1. The average Bonchev–Trinajstić information content (AvgIpc) is 2.77. The van der Waals surface area contributed by atoms with Gasteiger partial charge in [0.1, 0.15) is 11.5 Å². The van der Waals surface area contributed by atoms with E-state index in [-0.39, 0.29) is 5.91 Å². The van der Waals surface area contributed by atoms with Crippen molar-refractivity contribution in [3.63, 3.8) is 0 Å². The van der Waals surface area contributed by atoms with Crippen molar-refractivity contribution in [2.45, 2.75) is 26.2 Å². The number of benzene rings is 3. The van der Waals surface area contributed by atoms with E-state index >= 15 is 0 Å². The van der Waals surface area contributed by atoms with Gasteiger partial charge in [-0.3, -0.25) is 4.79 Å². The van der Waals surface area contributed by atoms with Gasteiger partial charge in [0.15, 0.2) is 0 Å². The molecule has 0 radical (unpaired) electrons. The van der Waals surface area contributed by atoms with E-state index < -0.39 is 0 Å². The summed E-state index contributed by atoms with van der Waals surface area (Å²) in [5, 5.41) is 2.95. The van der Waals surface area contributed by atoms with Crippen LogP contribution in [0.2, 0.25) is 0 Å². The molecular formula is C25H26BrNO3. The van der Waals surface area contributed by atoms with Crippen LogP contribution in [-0.4, -0.2) is 19.1 Å². The maximum atomic E-state index is 12.7. The Hall–Kier alpha value is -2.79. The Balaban J connectivity index is 1.58. The van der Waals surface area contributed by atoms with Crippen molar-refractivity contribution >= 4 is 27.5 Å². The molecule has 1 amide bonds. The summed E-state index contributed by atoms with van der Waals surface area (Å²) in [5.74, 6) is 1.20. The van der Waals surface area contributed by atoms with Crippen molar-refractivity contribution < 1.29 is 14.3 Å². The van der Waals surface area contributed by atoms with Gasteiger partial charge in [-0.25, -0.2) is 0 Å². The molecule has 1 N–H and O–H groups in total. The summed E-state index contributed by atoms with van der Waals surface area (Å²) < 4.78 is 12.3. The number of hydrogen-bond acceptors (Lipinski definition) is 3. The minimum absolute atomic E-state index is 0.196. The number of halogens is 1. The van der Waals surface area contributed by atoms with Gasteiger partial charge in [0, 0.05) is 5.56 Å². The molecule has 0 bridgehead atoms. The summed E-state index contributed by atoms with van der Waals surface area (Å²) in [6, 6.07) is 23.2. The van der Waals surface area contributed by atoms with Crippen molar-refractivity contribution in [2.75, 3.05) is 18.5 Å². The molecule has 0 heterocycles. The topological polar surface area (TPSA) is 47.6 Å². The largest absolute Gasteiger partial charge is 0.492 e. The van der Waals surface area contributed by atoms with E-state index in [2.05, 4.69) is 40.3 Å². The zero-order chi connectivity index (χ0) is 21.2. The Bertz CT molecular complexity index is 960. The Kier molecular flexibility index (Phi) is 8.33.